The van der Waals surface area contributed by atoms with Crippen molar-refractivity contribution in [1.29, 1.82) is 0 Å². The number of anilines is 3. The molecule has 0 aliphatic heterocycles. The minimum atomic E-state index is -0.362. The van der Waals surface area contributed by atoms with Gasteiger partial charge in [-0.05, 0) is 30.3 Å². The fourth-order valence-corrected chi connectivity index (χ4v) is 2.11. The van der Waals surface area contributed by atoms with Gasteiger partial charge in [0.2, 0.25) is 0 Å². The SMILES string of the molecule is CN(C)c1ccccc1Nc1ccc(F)cc1C(N)=S. The minimum absolute atomic E-state index is 0.161. The highest BCUT2D eigenvalue weighted by Gasteiger charge is 2.09. The van der Waals surface area contributed by atoms with E-state index in [9.17, 15) is 4.39 Å². The molecule has 104 valence electrons. The molecule has 0 spiro atoms. The molecule has 3 N–H and O–H groups in total. The first-order valence-corrected chi connectivity index (χ1v) is 6.52. The van der Waals surface area contributed by atoms with E-state index in [-0.39, 0.29) is 10.8 Å². The van der Waals surface area contributed by atoms with Crippen molar-refractivity contribution in [3.05, 3.63) is 53.8 Å². The Balaban J connectivity index is 2.43. The number of thiocarbonyl (C=S) groups is 1. The van der Waals surface area contributed by atoms with Gasteiger partial charge in [-0.1, -0.05) is 24.4 Å². The van der Waals surface area contributed by atoms with Gasteiger partial charge in [-0.3, -0.25) is 0 Å². The number of nitrogens with one attached hydrogen (secondary N) is 1. The Bertz CT molecular complexity index is 641. The van der Waals surface area contributed by atoms with Gasteiger partial charge < -0.3 is 16.0 Å². The van der Waals surface area contributed by atoms with Crippen LogP contribution < -0.4 is 16.0 Å². The second kappa shape index (κ2) is 5.88. The van der Waals surface area contributed by atoms with E-state index in [0.717, 1.165) is 11.4 Å². The molecule has 0 unspecified atom stereocenters. The highest BCUT2D eigenvalue weighted by Crippen LogP contribution is 2.29. The van der Waals surface area contributed by atoms with Gasteiger partial charge in [-0.15, -0.1) is 0 Å². The molecule has 2 aromatic rings. The van der Waals surface area contributed by atoms with Gasteiger partial charge in [0.15, 0.2) is 0 Å². The van der Waals surface area contributed by atoms with Gasteiger partial charge in [-0.2, -0.15) is 0 Å². The number of halogens is 1. The number of benzene rings is 2. The lowest BCUT2D eigenvalue weighted by Crippen LogP contribution is -2.14. The highest BCUT2D eigenvalue weighted by atomic mass is 32.1. The third-order valence-corrected chi connectivity index (χ3v) is 3.12. The standard InChI is InChI=1S/C15H16FN3S/c1-19(2)14-6-4-3-5-13(14)18-12-8-7-10(16)9-11(12)15(17)20/h3-9,18H,1-2H3,(H2,17,20). The molecule has 0 heterocycles. The molecule has 0 bridgehead atoms. The summed E-state index contributed by atoms with van der Waals surface area (Å²) in [6.45, 7) is 0. The highest BCUT2D eigenvalue weighted by molar-refractivity contribution is 7.80. The number of hydrogen-bond donors (Lipinski definition) is 2. The number of rotatable bonds is 4. The Hall–Kier alpha value is -2.14. The Morgan fingerprint density at radius 3 is 2.50 bits per heavy atom. The first-order chi connectivity index (χ1) is 9.49. The summed E-state index contributed by atoms with van der Waals surface area (Å²) in [6.07, 6.45) is 0. The van der Waals surface area contributed by atoms with Gasteiger partial charge in [0.1, 0.15) is 10.8 Å². The zero-order valence-corrected chi connectivity index (χ0v) is 12.2. The largest absolute Gasteiger partial charge is 0.389 e. The van der Waals surface area contributed by atoms with Crippen molar-refractivity contribution in [2.75, 3.05) is 24.3 Å². The summed E-state index contributed by atoms with van der Waals surface area (Å²) in [7, 11) is 3.92. The summed E-state index contributed by atoms with van der Waals surface area (Å²) in [6, 6.07) is 12.2. The molecule has 0 atom stereocenters. The molecule has 2 rings (SSSR count). The summed E-state index contributed by atoms with van der Waals surface area (Å²) >= 11 is 4.97. The van der Waals surface area contributed by atoms with E-state index in [0.29, 0.717) is 11.3 Å². The molecule has 0 aliphatic rings. The molecule has 2 aromatic carbocycles. The Morgan fingerprint density at radius 1 is 1.15 bits per heavy atom. The van der Waals surface area contributed by atoms with E-state index in [4.69, 9.17) is 18.0 Å². The Morgan fingerprint density at radius 2 is 1.85 bits per heavy atom. The smallest absolute Gasteiger partial charge is 0.124 e. The maximum absolute atomic E-state index is 13.3. The van der Waals surface area contributed by atoms with Crippen LogP contribution in [-0.4, -0.2) is 19.1 Å². The minimum Gasteiger partial charge on any atom is -0.389 e. The Labute approximate surface area is 123 Å². The molecule has 0 fully saturated rings. The van der Waals surface area contributed by atoms with E-state index in [1.54, 1.807) is 6.07 Å². The second-order valence-electron chi connectivity index (χ2n) is 4.59. The first-order valence-electron chi connectivity index (χ1n) is 6.12. The fourth-order valence-electron chi connectivity index (χ4n) is 1.94. The molecular weight excluding hydrogens is 273 g/mol. The molecule has 0 amide bonds. The third kappa shape index (κ3) is 3.05. The molecule has 20 heavy (non-hydrogen) atoms. The summed E-state index contributed by atoms with van der Waals surface area (Å²) in [4.78, 5) is 2.15. The molecule has 5 heteroatoms. The predicted octanol–water partition coefficient (Wildman–Crippen LogP) is 3.27. The average Bonchev–Trinajstić information content (AvgIpc) is 2.41. The van der Waals surface area contributed by atoms with Crippen LogP contribution in [0.4, 0.5) is 21.5 Å². The van der Waals surface area contributed by atoms with Crippen molar-refractivity contribution in [3.8, 4) is 0 Å². The summed E-state index contributed by atoms with van der Waals surface area (Å²) in [5.74, 6) is -0.362. The van der Waals surface area contributed by atoms with Crippen LogP contribution in [0.5, 0.6) is 0 Å². The summed E-state index contributed by atoms with van der Waals surface area (Å²) in [5, 5.41) is 3.26. The number of hydrogen-bond acceptors (Lipinski definition) is 3. The molecular formula is C15H16FN3S. The monoisotopic (exact) mass is 289 g/mol. The lowest BCUT2D eigenvalue weighted by molar-refractivity contribution is 0.628. The van der Waals surface area contributed by atoms with Crippen LogP contribution in [0.1, 0.15) is 5.56 Å². The second-order valence-corrected chi connectivity index (χ2v) is 5.03. The van der Waals surface area contributed by atoms with Crippen LogP contribution in [0.2, 0.25) is 0 Å². The third-order valence-electron chi connectivity index (χ3n) is 2.90. The predicted molar refractivity (Wildman–Crippen MR) is 86.3 cm³/mol. The summed E-state index contributed by atoms with van der Waals surface area (Å²) in [5.41, 5.74) is 8.75. The zero-order chi connectivity index (χ0) is 14.7. The van der Waals surface area contributed by atoms with E-state index in [1.165, 1.54) is 12.1 Å². The van der Waals surface area contributed by atoms with Crippen molar-refractivity contribution in [2.45, 2.75) is 0 Å². The van der Waals surface area contributed by atoms with Crippen LogP contribution in [0, 0.1) is 5.82 Å². The number of para-hydroxylation sites is 2. The fraction of sp³-hybridized carbons (Fsp3) is 0.133. The van der Waals surface area contributed by atoms with Crippen molar-refractivity contribution in [3.63, 3.8) is 0 Å². The van der Waals surface area contributed by atoms with Crippen LogP contribution in [0.25, 0.3) is 0 Å². The maximum atomic E-state index is 13.3. The zero-order valence-electron chi connectivity index (χ0n) is 11.4. The quantitative estimate of drug-likeness (QED) is 0.848. The van der Waals surface area contributed by atoms with E-state index in [1.807, 2.05) is 43.3 Å². The van der Waals surface area contributed by atoms with Gasteiger partial charge in [0.05, 0.1) is 11.4 Å². The van der Waals surface area contributed by atoms with Gasteiger partial charge in [0, 0.05) is 25.3 Å². The Kier molecular flexibility index (Phi) is 4.20. The normalized spacial score (nSPS) is 10.2. The van der Waals surface area contributed by atoms with Crippen molar-refractivity contribution < 1.29 is 4.39 Å². The average molecular weight is 289 g/mol. The van der Waals surface area contributed by atoms with E-state index >= 15 is 0 Å². The van der Waals surface area contributed by atoms with Crippen molar-refractivity contribution in [1.82, 2.24) is 0 Å². The topological polar surface area (TPSA) is 41.3 Å². The first kappa shape index (κ1) is 14.3. The molecule has 0 aromatic heterocycles. The van der Waals surface area contributed by atoms with Crippen molar-refractivity contribution in [2.24, 2.45) is 5.73 Å². The lowest BCUT2D eigenvalue weighted by Gasteiger charge is -2.19. The van der Waals surface area contributed by atoms with E-state index < -0.39 is 0 Å². The molecule has 0 saturated carbocycles. The molecule has 0 radical (unpaired) electrons. The van der Waals surface area contributed by atoms with Gasteiger partial charge >= 0.3 is 0 Å². The van der Waals surface area contributed by atoms with E-state index in [2.05, 4.69) is 5.32 Å². The molecule has 0 saturated heterocycles. The summed E-state index contributed by atoms with van der Waals surface area (Å²) < 4.78 is 13.3. The van der Waals surface area contributed by atoms with Crippen LogP contribution in [0.3, 0.4) is 0 Å². The lowest BCUT2D eigenvalue weighted by atomic mass is 10.1. The van der Waals surface area contributed by atoms with Crippen LogP contribution in [-0.2, 0) is 0 Å². The van der Waals surface area contributed by atoms with Gasteiger partial charge in [0.25, 0.3) is 0 Å². The number of nitrogens with zero attached hydrogens (tertiary/aromatic N) is 1. The van der Waals surface area contributed by atoms with Crippen LogP contribution >= 0.6 is 12.2 Å². The molecule has 0 aliphatic carbocycles. The van der Waals surface area contributed by atoms with Crippen molar-refractivity contribution >= 4 is 34.3 Å². The number of nitrogens with two attached hydrogens (primary N) is 1. The molecule has 3 nitrogen and oxygen atoms in total. The maximum Gasteiger partial charge on any atom is 0.124 e. The van der Waals surface area contributed by atoms with Crippen LogP contribution in [0.15, 0.2) is 42.5 Å². The van der Waals surface area contributed by atoms with Gasteiger partial charge in [-0.25, -0.2) is 4.39 Å².